The molecule has 2 fully saturated rings. The molecule has 4 nitrogen and oxygen atoms in total. The molecule has 2 aliphatic heterocycles. The van der Waals surface area contributed by atoms with E-state index in [0.717, 1.165) is 75.3 Å². The lowest BCUT2D eigenvalue weighted by molar-refractivity contribution is 0.0792. The van der Waals surface area contributed by atoms with Crippen LogP contribution >= 0.6 is 0 Å². The second kappa shape index (κ2) is 9.15. The Bertz CT molecular complexity index is 853. The largest absolute Gasteiger partial charge is 0.490 e. The molecule has 0 aliphatic carbocycles. The summed E-state index contributed by atoms with van der Waals surface area (Å²) in [5, 5.41) is 0. The van der Waals surface area contributed by atoms with Crippen molar-refractivity contribution < 1.29 is 9.53 Å². The van der Waals surface area contributed by atoms with E-state index in [-0.39, 0.29) is 12.0 Å². The Morgan fingerprint density at radius 3 is 2.24 bits per heavy atom. The first-order chi connectivity index (χ1) is 14.2. The van der Waals surface area contributed by atoms with Crippen molar-refractivity contribution in [1.82, 2.24) is 9.80 Å². The summed E-state index contributed by atoms with van der Waals surface area (Å²) in [4.78, 5) is 16.8. The number of ether oxygens (including phenoxy) is 1. The van der Waals surface area contributed by atoms with Crippen molar-refractivity contribution in [1.29, 1.82) is 0 Å². The lowest BCUT2D eigenvalue weighted by atomic mass is 10.1. The van der Waals surface area contributed by atoms with Gasteiger partial charge in [0.25, 0.3) is 5.91 Å². The summed E-state index contributed by atoms with van der Waals surface area (Å²) in [7, 11) is 0. The molecule has 0 spiro atoms. The smallest absolute Gasteiger partial charge is 0.253 e. The van der Waals surface area contributed by atoms with Crippen molar-refractivity contribution in [2.75, 3.05) is 26.2 Å². The van der Waals surface area contributed by atoms with Crippen LogP contribution in [0.25, 0.3) is 0 Å². The lowest BCUT2D eigenvalue weighted by Gasteiger charge is -2.32. The van der Waals surface area contributed by atoms with Crippen LogP contribution in [0, 0.1) is 12.3 Å². The van der Waals surface area contributed by atoms with Crippen LogP contribution in [0.15, 0.2) is 48.5 Å². The van der Waals surface area contributed by atoms with Crippen LogP contribution in [0.5, 0.6) is 5.75 Å². The van der Waals surface area contributed by atoms with Crippen LogP contribution in [-0.2, 0) is 6.54 Å². The van der Waals surface area contributed by atoms with Gasteiger partial charge in [-0.1, -0.05) is 18.1 Å². The van der Waals surface area contributed by atoms with E-state index in [4.69, 9.17) is 11.2 Å². The Morgan fingerprint density at radius 1 is 0.966 bits per heavy atom. The first kappa shape index (κ1) is 19.5. The van der Waals surface area contributed by atoms with Gasteiger partial charge in [-0.25, -0.2) is 0 Å². The van der Waals surface area contributed by atoms with Gasteiger partial charge in [-0.05, 0) is 67.6 Å². The van der Waals surface area contributed by atoms with Crippen LogP contribution in [0.1, 0.15) is 47.2 Å². The zero-order valence-corrected chi connectivity index (χ0v) is 16.8. The second-order valence-corrected chi connectivity index (χ2v) is 7.96. The highest BCUT2D eigenvalue weighted by atomic mass is 16.5. The van der Waals surface area contributed by atoms with E-state index in [9.17, 15) is 4.79 Å². The summed E-state index contributed by atoms with van der Waals surface area (Å²) in [6.45, 7) is 4.75. The molecule has 0 bridgehead atoms. The molecule has 2 aliphatic rings. The summed E-state index contributed by atoms with van der Waals surface area (Å²) in [5.41, 5.74) is 2.97. The van der Waals surface area contributed by atoms with Crippen molar-refractivity contribution in [2.45, 2.75) is 38.3 Å². The van der Waals surface area contributed by atoms with E-state index in [2.05, 4.69) is 23.0 Å². The van der Waals surface area contributed by atoms with Gasteiger partial charge in [0.2, 0.25) is 0 Å². The van der Waals surface area contributed by atoms with E-state index in [1.165, 1.54) is 5.56 Å². The third kappa shape index (κ3) is 4.99. The minimum atomic E-state index is 0.137. The van der Waals surface area contributed by atoms with E-state index < -0.39 is 0 Å². The molecule has 29 heavy (non-hydrogen) atoms. The normalized spacial score (nSPS) is 17.8. The van der Waals surface area contributed by atoms with Gasteiger partial charge in [0.1, 0.15) is 11.9 Å². The molecule has 0 N–H and O–H groups in total. The summed E-state index contributed by atoms with van der Waals surface area (Å²) >= 11 is 0. The third-order valence-corrected chi connectivity index (χ3v) is 5.86. The minimum Gasteiger partial charge on any atom is -0.490 e. The summed E-state index contributed by atoms with van der Waals surface area (Å²) < 4.78 is 6.17. The number of carbonyl (C=O) groups is 1. The molecule has 2 saturated heterocycles. The highest BCUT2D eigenvalue weighted by molar-refractivity contribution is 5.94. The van der Waals surface area contributed by atoms with Crippen molar-refractivity contribution in [3.05, 3.63) is 65.2 Å². The van der Waals surface area contributed by atoms with Gasteiger partial charge >= 0.3 is 0 Å². The lowest BCUT2D eigenvalue weighted by Crippen LogP contribution is -2.37. The molecule has 2 aromatic carbocycles. The van der Waals surface area contributed by atoms with Gasteiger partial charge in [-0.2, -0.15) is 0 Å². The minimum absolute atomic E-state index is 0.137. The van der Waals surface area contributed by atoms with Crippen molar-refractivity contribution in [2.24, 2.45) is 0 Å². The Hall–Kier alpha value is -2.77. The van der Waals surface area contributed by atoms with E-state index in [0.29, 0.717) is 0 Å². The van der Waals surface area contributed by atoms with Crippen LogP contribution < -0.4 is 4.74 Å². The van der Waals surface area contributed by atoms with Crippen molar-refractivity contribution in [3.63, 3.8) is 0 Å². The molecule has 0 radical (unpaired) electrons. The molecule has 0 aromatic heterocycles. The average molecular weight is 389 g/mol. The quantitative estimate of drug-likeness (QED) is 0.727. The Morgan fingerprint density at radius 2 is 1.62 bits per heavy atom. The summed E-state index contributed by atoms with van der Waals surface area (Å²) in [6, 6.07) is 15.9. The molecule has 0 unspecified atom stereocenters. The number of terminal acetylenes is 1. The fourth-order valence-corrected chi connectivity index (χ4v) is 4.12. The maximum absolute atomic E-state index is 12.4. The van der Waals surface area contributed by atoms with Gasteiger partial charge in [0.05, 0.1) is 0 Å². The fraction of sp³-hybridized carbons (Fsp3) is 0.400. The van der Waals surface area contributed by atoms with Gasteiger partial charge in [-0.15, -0.1) is 6.42 Å². The van der Waals surface area contributed by atoms with Gasteiger partial charge in [0.15, 0.2) is 0 Å². The fourth-order valence-electron chi connectivity index (χ4n) is 4.12. The zero-order valence-electron chi connectivity index (χ0n) is 16.8. The number of carbonyl (C=O) groups excluding carboxylic acids is 1. The maximum Gasteiger partial charge on any atom is 0.253 e. The second-order valence-electron chi connectivity index (χ2n) is 7.96. The zero-order chi connectivity index (χ0) is 20.1. The maximum atomic E-state index is 12.4. The first-order valence-electron chi connectivity index (χ1n) is 10.6. The molecular formula is C25H28N2O2. The van der Waals surface area contributed by atoms with Crippen LogP contribution in [-0.4, -0.2) is 48.0 Å². The van der Waals surface area contributed by atoms with Crippen LogP contribution in [0.4, 0.5) is 0 Å². The Kier molecular flexibility index (Phi) is 6.17. The SMILES string of the molecule is C#Cc1ccc(CN2CCC(Oc3ccc(C(=O)N4CCCC4)cc3)CC2)cc1. The number of benzene rings is 2. The first-order valence-corrected chi connectivity index (χ1v) is 10.6. The number of likely N-dealkylation sites (tertiary alicyclic amines) is 2. The number of hydrogen-bond acceptors (Lipinski definition) is 3. The highest BCUT2D eigenvalue weighted by Crippen LogP contribution is 2.22. The number of hydrogen-bond donors (Lipinski definition) is 0. The number of rotatable bonds is 5. The number of piperidine rings is 1. The summed E-state index contributed by atoms with van der Waals surface area (Å²) in [6.07, 6.45) is 9.90. The molecule has 0 atom stereocenters. The average Bonchev–Trinajstić information content (AvgIpc) is 3.31. The third-order valence-electron chi connectivity index (χ3n) is 5.86. The van der Waals surface area contributed by atoms with E-state index in [1.54, 1.807) is 0 Å². The van der Waals surface area contributed by atoms with Crippen LogP contribution in [0.3, 0.4) is 0 Å². The van der Waals surface area contributed by atoms with Crippen molar-refractivity contribution in [3.8, 4) is 18.1 Å². The summed E-state index contributed by atoms with van der Waals surface area (Å²) in [5.74, 6) is 3.65. The molecule has 4 rings (SSSR count). The molecule has 2 heterocycles. The molecule has 1 amide bonds. The van der Waals surface area contributed by atoms with Crippen LogP contribution in [0.2, 0.25) is 0 Å². The molecule has 0 saturated carbocycles. The Labute approximate surface area is 173 Å². The molecular weight excluding hydrogens is 360 g/mol. The van der Waals surface area contributed by atoms with Gasteiger partial charge in [0, 0.05) is 43.9 Å². The standard InChI is InChI=1S/C25H28N2O2/c1-2-20-5-7-21(8-6-20)19-26-17-13-24(14-18-26)29-23-11-9-22(10-12-23)25(28)27-15-3-4-16-27/h1,5-12,24H,3-4,13-19H2. The predicted molar refractivity (Wildman–Crippen MR) is 115 cm³/mol. The van der Waals surface area contributed by atoms with Gasteiger partial charge in [-0.3, -0.25) is 9.69 Å². The Balaban J connectivity index is 1.25. The molecule has 2 aromatic rings. The highest BCUT2D eigenvalue weighted by Gasteiger charge is 2.22. The van der Waals surface area contributed by atoms with E-state index in [1.807, 2.05) is 41.3 Å². The number of amides is 1. The van der Waals surface area contributed by atoms with E-state index >= 15 is 0 Å². The molecule has 150 valence electrons. The predicted octanol–water partition coefficient (Wildman–Crippen LogP) is 3.95. The topological polar surface area (TPSA) is 32.8 Å². The van der Waals surface area contributed by atoms with Gasteiger partial charge < -0.3 is 9.64 Å². The number of nitrogens with zero attached hydrogens (tertiary/aromatic N) is 2. The monoisotopic (exact) mass is 388 g/mol. The molecule has 4 heteroatoms. The van der Waals surface area contributed by atoms with Crippen molar-refractivity contribution >= 4 is 5.91 Å².